The molecule has 7 amide bonds. The summed E-state index contributed by atoms with van der Waals surface area (Å²) in [5.74, 6) is -4.00. The van der Waals surface area contributed by atoms with E-state index in [2.05, 4.69) is 21.3 Å². The molecular formula is C38H46N6O8. The highest BCUT2D eigenvalue weighted by Gasteiger charge is 2.63. The van der Waals surface area contributed by atoms with Crippen molar-refractivity contribution >= 4 is 52.9 Å². The molecule has 0 aromatic heterocycles. The third kappa shape index (κ3) is 6.91. The first-order chi connectivity index (χ1) is 24.6. The highest BCUT2D eigenvalue weighted by Crippen LogP contribution is 2.63. The van der Waals surface area contributed by atoms with Crippen molar-refractivity contribution in [2.75, 3.05) is 24.2 Å². The van der Waals surface area contributed by atoms with E-state index in [0.29, 0.717) is 29.8 Å². The number of nitrogens with one attached hydrogen (secondary N) is 4. The monoisotopic (exact) mass is 714 g/mol. The van der Waals surface area contributed by atoms with Crippen LogP contribution in [0.4, 0.5) is 21.0 Å². The Hall–Kier alpha value is -5.11. The number of likely N-dealkylation sites (N-methyl/N-ethyl adjacent to an activating group) is 1. The molecule has 1 heterocycles. The Bertz CT molecular complexity index is 1790. The Morgan fingerprint density at radius 1 is 0.923 bits per heavy atom. The lowest BCUT2D eigenvalue weighted by Gasteiger charge is -2.59. The molecule has 14 heteroatoms. The van der Waals surface area contributed by atoms with Crippen molar-refractivity contribution in [2.45, 2.75) is 77.4 Å². The second-order valence-corrected chi connectivity index (χ2v) is 15.4. The van der Waals surface area contributed by atoms with Gasteiger partial charge in [0.05, 0.1) is 24.9 Å². The fraction of sp³-hybridized carbons (Fsp3) is 0.500. The molecule has 5 aliphatic rings. The van der Waals surface area contributed by atoms with Crippen LogP contribution in [0, 0.1) is 36.0 Å². The summed E-state index contributed by atoms with van der Waals surface area (Å²) in [6.07, 6.45) is 2.79. The van der Waals surface area contributed by atoms with Crippen LogP contribution in [0.1, 0.15) is 63.5 Å². The number of benzene rings is 2. The molecule has 14 nitrogen and oxygen atoms in total. The summed E-state index contributed by atoms with van der Waals surface area (Å²) in [4.78, 5) is 95.1. The number of urea groups is 2. The van der Waals surface area contributed by atoms with Gasteiger partial charge >= 0.3 is 18.0 Å². The molecule has 5 N–H and O–H groups in total. The largest absolute Gasteiger partial charge is 0.481 e. The zero-order chi connectivity index (χ0) is 37.5. The average molecular weight is 715 g/mol. The van der Waals surface area contributed by atoms with E-state index in [4.69, 9.17) is 0 Å². The average Bonchev–Trinajstić information content (AvgIpc) is 3.23. The van der Waals surface area contributed by atoms with E-state index in [1.54, 1.807) is 44.2 Å². The molecule has 1 saturated heterocycles. The van der Waals surface area contributed by atoms with Gasteiger partial charge in [0.25, 0.3) is 5.91 Å². The number of amides is 7. The van der Waals surface area contributed by atoms with Gasteiger partial charge in [-0.1, -0.05) is 30.3 Å². The number of anilines is 2. The van der Waals surface area contributed by atoms with Crippen LogP contribution in [0.2, 0.25) is 0 Å². The van der Waals surface area contributed by atoms with Gasteiger partial charge in [-0.2, -0.15) is 0 Å². The number of imide groups is 2. The molecule has 52 heavy (non-hydrogen) atoms. The molecule has 2 aromatic carbocycles. The Morgan fingerprint density at radius 3 is 2.19 bits per heavy atom. The Labute approximate surface area is 302 Å². The maximum absolute atomic E-state index is 14.5. The van der Waals surface area contributed by atoms with Crippen LogP contribution in [-0.2, 0) is 30.5 Å². The van der Waals surface area contributed by atoms with Crippen LogP contribution >= 0.6 is 0 Å². The maximum atomic E-state index is 14.5. The van der Waals surface area contributed by atoms with Crippen molar-refractivity contribution in [2.24, 2.45) is 29.1 Å². The number of Topliss-reactive ketones (excluding diaryl/α,β-unsaturated/α-hetero) is 1. The maximum Gasteiger partial charge on any atom is 0.328 e. The number of nitrogens with zero attached hydrogens (tertiary/aromatic N) is 2. The lowest BCUT2D eigenvalue weighted by Crippen LogP contribution is -2.63. The summed E-state index contributed by atoms with van der Waals surface area (Å²) in [6, 6.07) is 12.2. The topological polar surface area (TPSA) is 194 Å². The molecule has 1 aliphatic heterocycles. The van der Waals surface area contributed by atoms with Crippen molar-refractivity contribution in [3.05, 3.63) is 59.7 Å². The first-order valence-electron chi connectivity index (χ1n) is 17.8. The number of carboxylic acid groups (broad SMARTS) is 1. The Kier molecular flexibility index (Phi) is 9.97. The van der Waals surface area contributed by atoms with Gasteiger partial charge in [-0.05, 0) is 107 Å². The van der Waals surface area contributed by atoms with Crippen molar-refractivity contribution in [3.8, 4) is 0 Å². The van der Waals surface area contributed by atoms with E-state index >= 15 is 0 Å². The molecule has 5 fully saturated rings. The first-order valence-corrected chi connectivity index (χ1v) is 17.8. The fourth-order valence-corrected chi connectivity index (χ4v) is 9.19. The number of aryl methyl sites for hydroxylation is 1. The zero-order valence-corrected chi connectivity index (χ0v) is 29.9. The molecule has 276 valence electrons. The predicted octanol–water partition coefficient (Wildman–Crippen LogP) is 3.90. The van der Waals surface area contributed by atoms with Gasteiger partial charge in [-0.15, -0.1) is 0 Å². The first kappa shape index (κ1) is 36.7. The standard InChI is InChI=1S/C38H46N6O8/c1-21-7-5-6-8-27(21)41-35(51)40-26-11-9-22(10-12-26)19-44-36(52)43(34(50)37(44,2)3)20-29(45)38-17-23-13-24(18-38)15-25(14-23)31(38)33(49)42-32(48)28(39-4)16-30(46)47/h5-12,23-25,28,31,39H,13-20H2,1-4H3,(H,46,47)(H2,40,41,51)(H,42,48,49)/t23?,24?,25?,28-,31?,38?/m0/s1. The number of rotatable bonds is 12. The summed E-state index contributed by atoms with van der Waals surface area (Å²) < 4.78 is 0. The third-order valence-electron chi connectivity index (χ3n) is 11.6. The van der Waals surface area contributed by atoms with E-state index in [-0.39, 0.29) is 30.1 Å². The molecule has 4 aliphatic carbocycles. The summed E-state index contributed by atoms with van der Waals surface area (Å²) in [5.41, 5.74) is 0.434. The van der Waals surface area contributed by atoms with E-state index in [0.717, 1.165) is 29.7 Å². The second kappa shape index (κ2) is 14.1. The summed E-state index contributed by atoms with van der Waals surface area (Å²) >= 11 is 0. The van der Waals surface area contributed by atoms with Crippen LogP contribution in [0.3, 0.4) is 0 Å². The minimum Gasteiger partial charge on any atom is -0.481 e. The highest BCUT2D eigenvalue weighted by atomic mass is 16.4. The molecule has 0 radical (unpaired) electrons. The lowest BCUT2D eigenvalue weighted by molar-refractivity contribution is -0.168. The van der Waals surface area contributed by atoms with Crippen molar-refractivity contribution in [3.63, 3.8) is 0 Å². The van der Waals surface area contributed by atoms with E-state index in [9.17, 15) is 38.7 Å². The molecular weight excluding hydrogens is 668 g/mol. The number of para-hydroxylation sites is 1. The smallest absolute Gasteiger partial charge is 0.328 e. The molecule has 2 aromatic rings. The fourth-order valence-electron chi connectivity index (χ4n) is 9.19. The van der Waals surface area contributed by atoms with Crippen LogP contribution in [0.15, 0.2) is 48.5 Å². The molecule has 0 spiro atoms. The van der Waals surface area contributed by atoms with Gasteiger partial charge in [0, 0.05) is 23.3 Å². The minimum atomic E-state index is -1.27. The lowest BCUT2D eigenvalue weighted by atomic mass is 9.43. The van der Waals surface area contributed by atoms with Gasteiger partial charge in [0.15, 0.2) is 5.78 Å². The molecule has 4 saturated carbocycles. The molecule has 4 atom stereocenters. The van der Waals surface area contributed by atoms with E-state index in [1.165, 1.54) is 11.9 Å². The van der Waals surface area contributed by atoms with Crippen molar-refractivity contribution in [1.29, 1.82) is 0 Å². The number of hydrogen-bond donors (Lipinski definition) is 5. The molecule has 4 bridgehead atoms. The number of carbonyl (C=O) groups is 7. The van der Waals surface area contributed by atoms with Gasteiger partial charge in [-0.25, -0.2) is 9.59 Å². The number of carboxylic acids is 1. The summed E-state index contributed by atoms with van der Waals surface area (Å²) in [5, 5.41) is 19.8. The predicted molar refractivity (Wildman–Crippen MR) is 190 cm³/mol. The number of aliphatic carboxylic acids is 1. The Balaban J connectivity index is 1.14. The normalized spacial score (nSPS) is 26.2. The molecule has 7 rings (SSSR count). The van der Waals surface area contributed by atoms with Gasteiger partial charge in [0.1, 0.15) is 5.54 Å². The van der Waals surface area contributed by atoms with Crippen LogP contribution in [0.25, 0.3) is 0 Å². The number of ketones is 1. The molecule has 3 unspecified atom stereocenters. The van der Waals surface area contributed by atoms with Crippen LogP contribution < -0.4 is 21.3 Å². The quantitative estimate of drug-likeness (QED) is 0.203. The van der Waals surface area contributed by atoms with Gasteiger partial charge in [-0.3, -0.25) is 34.2 Å². The van der Waals surface area contributed by atoms with Crippen LogP contribution in [0.5, 0.6) is 0 Å². The van der Waals surface area contributed by atoms with Crippen molar-refractivity contribution in [1.82, 2.24) is 20.4 Å². The summed E-state index contributed by atoms with van der Waals surface area (Å²) in [7, 11) is 1.43. The SMILES string of the molecule is CN[C@@H](CC(=O)O)C(=O)NC(=O)C1C2CC3CC(C2)CC1(C(=O)CN1C(=O)N(Cc2ccc(NC(=O)Nc4ccccc4C)cc2)C(C)(C)C1=O)C3. The van der Waals surface area contributed by atoms with Crippen LogP contribution in [-0.4, -0.2) is 81.6 Å². The van der Waals surface area contributed by atoms with E-state index in [1.807, 2.05) is 25.1 Å². The van der Waals surface area contributed by atoms with Crippen molar-refractivity contribution < 1.29 is 38.7 Å². The number of hydrogen-bond acceptors (Lipinski definition) is 8. The highest BCUT2D eigenvalue weighted by molar-refractivity contribution is 6.10. The zero-order valence-electron chi connectivity index (χ0n) is 29.9. The third-order valence-corrected chi connectivity index (χ3v) is 11.6. The summed E-state index contributed by atoms with van der Waals surface area (Å²) in [6.45, 7) is 4.74. The van der Waals surface area contributed by atoms with E-state index < -0.39 is 71.6 Å². The van der Waals surface area contributed by atoms with Gasteiger partial charge < -0.3 is 26.0 Å². The second-order valence-electron chi connectivity index (χ2n) is 15.4. The minimum absolute atomic E-state index is 0.0748. The van der Waals surface area contributed by atoms with Gasteiger partial charge in [0.2, 0.25) is 11.8 Å². The number of carbonyl (C=O) groups excluding carboxylic acids is 6. The Morgan fingerprint density at radius 2 is 1.58 bits per heavy atom.